The summed E-state index contributed by atoms with van der Waals surface area (Å²) in [7, 11) is 0. The maximum Gasteiger partial charge on any atom is 0.223 e. The Morgan fingerprint density at radius 3 is 2.70 bits per heavy atom. The number of carbonyl (C=O) groups is 1. The molecule has 20 heavy (non-hydrogen) atoms. The number of fused-ring (bicyclic) bond motifs is 1. The highest BCUT2D eigenvalue weighted by atomic mass is 16.2. The number of piperazine rings is 1. The van der Waals surface area contributed by atoms with Gasteiger partial charge in [-0.1, -0.05) is 18.2 Å². The van der Waals surface area contributed by atoms with Crippen molar-refractivity contribution in [2.24, 2.45) is 5.73 Å². The summed E-state index contributed by atoms with van der Waals surface area (Å²) in [4.78, 5) is 19.4. The first-order chi connectivity index (χ1) is 9.79. The van der Waals surface area contributed by atoms with Crippen molar-refractivity contribution in [2.75, 3.05) is 37.6 Å². The second-order valence-electron chi connectivity index (χ2n) is 5.13. The minimum atomic E-state index is 0.172. The predicted molar refractivity (Wildman–Crippen MR) is 80.8 cm³/mol. The molecule has 2 aromatic rings. The maximum absolute atomic E-state index is 11.8. The number of H-pyrrole nitrogens is 1. The molecule has 1 aromatic carbocycles. The lowest BCUT2D eigenvalue weighted by molar-refractivity contribution is -0.131. The number of benzene rings is 1. The normalized spacial score (nSPS) is 15.8. The van der Waals surface area contributed by atoms with Crippen molar-refractivity contribution in [3.8, 4) is 0 Å². The van der Waals surface area contributed by atoms with E-state index in [0.29, 0.717) is 13.0 Å². The van der Waals surface area contributed by atoms with Gasteiger partial charge in [0, 0.05) is 56.2 Å². The molecule has 2 heterocycles. The Morgan fingerprint density at radius 1 is 1.20 bits per heavy atom. The van der Waals surface area contributed by atoms with Crippen LogP contribution in [0.4, 0.5) is 5.69 Å². The first-order valence-corrected chi connectivity index (χ1v) is 7.08. The van der Waals surface area contributed by atoms with E-state index in [1.54, 1.807) is 0 Å². The number of aromatic amines is 1. The molecule has 3 rings (SSSR count). The zero-order chi connectivity index (χ0) is 13.9. The van der Waals surface area contributed by atoms with Gasteiger partial charge in [-0.25, -0.2) is 0 Å². The second-order valence-corrected chi connectivity index (χ2v) is 5.13. The highest BCUT2D eigenvalue weighted by Crippen LogP contribution is 2.27. The van der Waals surface area contributed by atoms with Gasteiger partial charge in [-0.2, -0.15) is 0 Å². The summed E-state index contributed by atoms with van der Waals surface area (Å²) in [5.41, 5.74) is 7.83. The number of para-hydroxylation sites is 1. The molecule has 0 spiro atoms. The maximum atomic E-state index is 11.8. The number of carbonyl (C=O) groups excluding carboxylic acids is 1. The van der Waals surface area contributed by atoms with Gasteiger partial charge in [0.1, 0.15) is 0 Å². The van der Waals surface area contributed by atoms with Crippen LogP contribution in [0.3, 0.4) is 0 Å². The van der Waals surface area contributed by atoms with Gasteiger partial charge in [0.25, 0.3) is 0 Å². The molecule has 1 saturated heterocycles. The Labute approximate surface area is 118 Å². The molecule has 0 saturated carbocycles. The lowest BCUT2D eigenvalue weighted by Crippen LogP contribution is -2.49. The molecule has 5 nitrogen and oxygen atoms in total. The van der Waals surface area contributed by atoms with Gasteiger partial charge in [-0.05, 0) is 6.07 Å². The minimum Gasteiger partial charge on any atom is -0.366 e. The van der Waals surface area contributed by atoms with Crippen molar-refractivity contribution in [3.05, 3.63) is 30.5 Å². The third-order valence-electron chi connectivity index (χ3n) is 3.90. The Bertz CT molecular complexity index is 599. The van der Waals surface area contributed by atoms with E-state index >= 15 is 0 Å². The van der Waals surface area contributed by atoms with Crippen LogP contribution in [0.5, 0.6) is 0 Å². The van der Waals surface area contributed by atoms with E-state index in [4.69, 9.17) is 5.73 Å². The van der Waals surface area contributed by atoms with Gasteiger partial charge >= 0.3 is 0 Å². The third-order valence-corrected chi connectivity index (χ3v) is 3.90. The van der Waals surface area contributed by atoms with E-state index in [2.05, 4.69) is 34.3 Å². The predicted octanol–water partition coefficient (Wildman–Crippen LogP) is 1.17. The summed E-state index contributed by atoms with van der Waals surface area (Å²) >= 11 is 0. The largest absolute Gasteiger partial charge is 0.366 e. The molecule has 0 aliphatic carbocycles. The van der Waals surface area contributed by atoms with Crippen LogP contribution in [-0.2, 0) is 4.79 Å². The fourth-order valence-electron chi connectivity index (χ4n) is 2.80. The van der Waals surface area contributed by atoms with Crippen molar-refractivity contribution in [2.45, 2.75) is 6.42 Å². The Morgan fingerprint density at radius 2 is 1.95 bits per heavy atom. The molecule has 0 bridgehead atoms. The number of hydrogen-bond acceptors (Lipinski definition) is 3. The lowest BCUT2D eigenvalue weighted by atomic mass is 10.2. The molecule has 5 heteroatoms. The SMILES string of the molecule is NCCC(=O)N1CCN(c2c[nH]c3ccccc23)CC1. The van der Waals surface area contributed by atoms with Crippen LogP contribution < -0.4 is 10.6 Å². The van der Waals surface area contributed by atoms with Crippen molar-refractivity contribution in [1.29, 1.82) is 0 Å². The molecule has 1 amide bonds. The van der Waals surface area contributed by atoms with Gasteiger partial charge in [-0.15, -0.1) is 0 Å². The van der Waals surface area contributed by atoms with Gasteiger partial charge in [0.15, 0.2) is 0 Å². The minimum absolute atomic E-state index is 0.172. The van der Waals surface area contributed by atoms with Crippen molar-refractivity contribution in [1.82, 2.24) is 9.88 Å². The van der Waals surface area contributed by atoms with E-state index < -0.39 is 0 Å². The fraction of sp³-hybridized carbons (Fsp3) is 0.400. The number of nitrogens with zero attached hydrogens (tertiary/aromatic N) is 2. The monoisotopic (exact) mass is 272 g/mol. The van der Waals surface area contributed by atoms with Gasteiger partial charge in [-0.3, -0.25) is 4.79 Å². The quantitative estimate of drug-likeness (QED) is 0.881. The number of nitrogens with two attached hydrogens (primary N) is 1. The molecule has 1 fully saturated rings. The summed E-state index contributed by atoms with van der Waals surface area (Å²) in [5.74, 6) is 0.172. The molecule has 3 N–H and O–H groups in total. The van der Waals surface area contributed by atoms with Gasteiger partial charge in [0.2, 0.25) is 5.91 Å². The molecule has 0 radical (unpaired) electrons. The van der Waals surface area contributed by atoms with E-state index in [0.717, 1.165) is 31.7 Å². The second kappa shape index (κ2) is 5.54. The topological polar surface area (TPSA) is 65.4 Å². The Kier molecular flexibility index (Phi) is 3.60. The molecule has 1 aromatic heterocycles. The molecule has 0 unspecified atom stereocenters. The van der Waals surface area contributed by atoms with E-state index in [-0.39, 0.29) is 5.91 Å². The van der Waals surface area contributed by atoms with Crippen LogP contribution in [-0.4, -0.2) is 48.5 Å². The molecule has 106 valence electrons. The van der Waals surface area contributed by atoms with Crippen LogP contribution in [0.2, 0.25) is 0 Å². The zero-order valence-electron chi connectivity index (χ0n) is 11.5. The molecular weight excluding hydrogens is 252 g/mol. The van der Waals surface area contributed by atoms with Crippen LogP contribution >= 0.6 is 0 Å². The molecular formula is C15H20N4O. The number of rotatable bonds is 3. The van der Waals surface area contributed by atoms with Crippen LogP contribution in [0.1, 0.15) is 6.42 Å². The van der Waals surface area contributed by atoms with Crippen molar-refractivity contribution in [3.63, 3.8) is 0 Å². The standard InChI is InChI=1S/C15H20N4O/c16-6-5-15(20)19-9-7-18(8-10-19)14-11-17-13-4-2-1-3-12(13)14/h1-4,11,17H,5-10,16H2. The third kappa shape index (κ3) is 2.36. The summed E-state index contributed by atoms with van der Waals surface area (Å²) in [6.45, 7) is 3.73. The molecule has 1 aliphatic rings. The fourth-order valence-corrected chi connectivity index (χ4v) is 2.80. The molecule has 1 aliphatic heterocycles. The van der Waals surface area contributed by atoms with E-state index in [1.807, 2.05) is 11.0 Å². The van der Waals surface area contributed by atoms with E-state index in [1.165, 1.54) is 11.1 Å². The number of amides is 1. The van der Waals surface area contributed by atoms with Gasteiger partial charge in [0.05, 0.1) is 5.69 Å². The number of aromatic nitrogens is 1. The summed E-state index contributed by atoms with van der Waals surface area (Å²) < 4.78 is 0. The number of hydrogen-bond donors (Lipinski definition) is 2. The first kappa shape index (κ1) is 13.0. The van der Waals surface area contributed by atoms with Crippen LogP contribution in [0, 0.1) is 0 Å². The first-order valence-electron chi connectivity index (χ1n) is 7.08. The summed E-state index contributed by atoms with van der Waals surface area (Å²) in [5, 5.41) is 1.24. The summed E-state index contributed by atoms with van der Waals surface area (Å²) in [6, 6.07) is 8.31. The average molecular weight is 272 g/mol. The van der Waals surface area contributed by atoms with Gasteiger partial charge < -0.3 is 20.5 Å². The Balaban J connectivity index is 1.70. The Hall–Kier alpha value is -2.01. The smallest absolute Gasteiger partial charge is 0.223 e. The number of nitrogens with one attached hydrogen (secondary N) is 1. The highest BCUT2D eigenvalue weighted by Gasteiger charge is 2.21. The number of anilines is 1. The van der Waals surface area contributed by atoms with Crippen LogP contribution in [0.15, 0.2) is 30.5 Å². The van der Waals surface area contributed by atoms with E-state index in [9.17, 15) is 4.79 Å². The average Bonchev–Trinajstić information content (AvgIpc) is 2.92. The van der Waals surface area contributed by atoms with Crippen molar-refractivity contribution < 1.29 is 4.79 Å². The van der Waals surface area contributed by atoms with Crippen LogP contribution in [0.25, 0.3) is 10.9 Å². The van der Waals surface area contributed by atoms with Crippen molar-refractivity contribution >= 4 is 22.5 Å². The molecule has 0 atom stereocenters. The lowest BCUT2D eigenvalue weighted by Gasteiger charge is -2.35. The highest BCUT2D eigenvalue weighted by molar-refractivity contribution is 5.93. The zero-order valence-corrected chi connectivity index (χ0v) is 11.5. The summed E-state index contributed by atoms with van der Waals surface area (Å²) in [6.07, 6.45) is 2.51.